The normalized spacial score (nSPS) is 11.8. The fourth-order valence-corrected chi connectivity index (χ4v) is 2.37. The van der Waals surface area contributed by atoms with E-state index in [1.54, 1.807) is 10.7 Å². The van der Waals surface area contributed by atoms with E-state index in [-0.39, 0.29) is 18.6 Å². The van der Waals surface area contributed by atoms with Crippen LogP contribution >= 0.6 is 0 Å². The lowest BCUT2D eigenvalue weighted by Crippen LogP contribution is -2.31. The van der Waals surface area contributed by atoms with E-state index in [1.165, 1.54) is 10.7 Å². The standard InChI is InChI=1S/C12H17N5O3S/c1-9-8-10(2)17(14-9)11-4-5-12(18)16(15-11)7-6-13-21(3,19)20/h4-5,8,13H,6-7H2,1-3H3. The van der Waals surface area contributed by atoms with Crippen LogP contribution in [-0.2, 0) is 16.6 Å². The van der Waals surface area contributed by atoms with Gasteiger partial charge < -0.3 is 0 Å². The van der Waals surface area contributed by atoms with E-state index in [0.717, 1.165) is 17.6 Å². The summed E-state index contributed by atoms with van der Waals surface area (Å²) in [5.41, 5.74) is 1.46. The number of hydrogen-bond donors (Lipinski definition) is 1. The Labute approximate surface area is 122 Å². The molecular formula is C12H17N5O3S. The van der Waals surface area contributed by atoms with E-state index in [1.807, 2.05) is 19.9 Å². The van der Waals surface area contributed by atoms with E-state index in [4.69, 9.17) is 0 Å². The van der Waals surface area contributed by atoms with Crippen molar-refractivity contribution in [2.24, 2.45) is 0 Å². The molecule has 0 aromatic carbocycles. The van der Waals surface area contributed by atoms with E-state index >= 15 is 0 Å². The first-order chi connectivity index (χ1) is 9.76. The van der Waals surface area contributed by atoms with Crippen molar-refractivity contribution in [2.45, 2.75) is 20.4 Å². The summed E-state index contributed by atoms with van der Waals surface area (Å²) in [5, 5.41) is 8.50. The topological polar surface area (TPSA) is 98.9 Å². The smallest absolute Gasteiger partial charge is 0.266 e. The zero-order valence-corrected chi connectivity index (χ0v) is 12.9. The van der Waals surface area contributed by atoms with Crippen LogP contribution in [0.3, 0.4) is 0 Å². The molecule has 0 amide bonds. The van der Waals surface area contributed by atoms with Crippen molar-refractivity contribution in [3.8, 4) is 5.82 Å². The first kappa shape index (κ1) is 15.4. The van der Waals surface area contributed by atoms with Gasteiger partial charge in [-0.3, -0.25) is 4.79 Å². The Kier molecular flexibility index (Phi) is 4.24. The van der Waals surface area contributed by atoms with Crippen molar-refractivity contribution in [3.63, 3.8) is 0 Å². The molecule has 0 aliphatic heterocycles. The maximum atomic E-state index is 11.7. The van der Waals surface area contributed by atoms with Gasteiger partial charge in [0.1, 0.15) is 0 Å². The molecule has 8 nitrogen and oxygen atoms in total. The molecule has 2 heterocycles. The minimum Gasteiger partial charge on any atom is -0.268 e. The van der Waals surface area contributed by atoms with Gasteiger partial charge in [0.05, 0.1) is 18.5 Å². The van der Waals surface area contributed by atoms with Crippen LogP contribution in [-0.4, -0.2) is 40.8 Å². The van der Waals surface area contributed by atoms with Gasteiger partial charge >= 0.3 is 0 Å². The first-order valence-electron chi connectivity index (χ1n) is 6.33. The van der Waals surface area contributed by atoms with E-state index in [0.29, 0.717) is 5.82 Å². The van der Waals surface area contributed by atoms with Crippen LogP contribution in [0, 0.1) is 13.8 Å². The first-order valence-corrected chi connectivity index (χ1v) is 8.22. The van der Waals surface area contributed by atoms with Gasteiger partial charge in [-0.1, -0.05) is 0 Å². The van der Waals surface area contributed by atoms with Crippen LogP contribution in [0.5, 0.6) is 0 Å². The Morgan fingerprint density at radius 2 is 1.95 bits per heavy atom. The van der Waals surface area contributed by atoms with Crippen LogP contribution in [0.25, 0.3) is 5.82 Å². The Hall–Kier alpha value is -2.00. The van der Waals surface area contributed by atoms with Crippen LogP contribution in [0.4, 0.5) is 0 Å². The van der Waals surface area contributed by atoms with Gasteiger partial charge in [0, 0.05) is 18.3 Å². The highest BCUT2D eigenvalue weighted by atomic mass is 32.2. The largest absolute Gasteiger partial charge is 0.268 e. The SMILES string of the molecule is Cc1cc(C)n(-c2ccc(=O)n(CCNS(C)(=O)=O)n2)n1. The third-order valence-electron chi connectivity index (χ3n) is 2.77. The summed E-state index contributed by atoms with van der Waals surface area (Å²) in [6.45, 7) is 4.02. The second kappa shape index (κ2) is 5.78. The third-order valence-corrected chi connectivity index (χ3v) is 3.50. The highest BCUT2D eigenvalue weighted by molar-refractivity contribution is 7.88. The molecular weight excluding hydrogens is 294 g/mol. The summed E-state index contributed by atoms with van der Waals surface area (Å²) in [4.78, 5) is 11.7. The molecule has 0 radical (unpaired) electrons. The minimum absolute atomic E-state index is 0.103. The van der Waals surface area contributed by atoms with Crippen LogP contribution < -0.4 is 10.3 Å². The summed E-state index contributed by atoms with van der Waals surface area (Å²) >= 11 is 0. The Balaban J connectivity index is 2.25. The molecule has 0 unspecified atom stereocenters. The number of hydrogen-bond acceptors (Lipinski definition) is 5. The molecule has 0 aliphatic carbocycles. The third kappa shape index (κ3) is 3.99. The molecule has 0 aliphatic rings. The number of aromatic nitrogens is 4. The number of rotatable bonds is 5. The lowest BCUT2D eigenvalue weighted by molar-refractivity contribution is 0.544. The zero-order chi connectivity index (χ0) is 15.6. The molecule has 0 saturated heterocycles. The summed E-state index contributed by atoms with van der Waals surface area (Å²) in [6, 6.07) is 4.88. The lowest BCUT2D eigenvalue weighted by Gasteiger charge is -2.08. The Morgan fingerprint density at radius 1 is 1.24 bits per heavy atom. The summed E-state index contributed by atoms with van der Waals surface area (Å²) < 4.78 is 27.2. The molecule has 114 valence electrons. The highest BCUT2D eigenvalue weighted by Gasteiger charge is 2.08. The highest BCUT2D eigenvalue weighted by Crippen LogP contribution is 2.07. The number of nitrogens with zero attached hydrogens (tertiary/aromatic N) is 4. The van der Waals surface area contributed by atoms with Gasteiger partial charge in [0.2, 0.25) is 10.0 Å². The molecule has 0 saturated carbocycles. The molecule has 2 aromatic heterocycles. The van der Waals surface area contributed by atoms with Gasteiger partial charge in [-0.25, -0.2) is 22.5 Å². The minimum atomic E-state index is -3.28. The molecule has 0 atom stereocenters. The van der Waals surface area contributed by atoms with Gasteiger partial charge in [-0.05, 0) is 26.0 Å². The van der Waals surface area contributed by atoms with E-state index < -0.39 is 10.0 Å². The van der Waals surface area contributed by atoms with Crippen molar-refractivity contribution in [3.05, 3.63) is 39.9 Å². The second-order valence-corrected chi connectivity index (χ2v) is 6.59. The molecule has 0 bridgehead atoms. The predicted octanol–water partition coefficient (Wildman–Crippen LogP) is -0.405. The second-order valence-electron chi connectivity index (χ2n) is 4.76. The van der Waals surface area contributed by atoms with Crippen LogP contribution in [0.2, 0.25) is 0 Å². The van der Waals surface area contributed by atoms with Crippen molar-refractivity contribution in [1.29, 1.82) is 0 Å². The van der Waals surface area contributed by atoms with Crippen molar-refractivity contribution in [1.82, 2.24) is 24.3 Å². The molecule has 21 heavy (non-hydrogen) atoms. The fraction of sp³-hybridized carbons (Fsp3) is 0.417. The summed E-state index contributed by atoms with van der Waals surface area (Å²) in [5.74, 6) is 0.513. The molecule has 0 fully saturated rings. The molecule has 9 heteroatoms. The number of aryl methyl sites for hydroxylation is 2. The molecule has 1 N–H and O–H groups in total. The van der Waals surface area contributed by atoms with Crippen molar-refractivity contribution in [2.75, 3.05) is 12.8 Å². The maximum Gasteiger partial charge on any atom is 0.266 e. The number of sulfonamides is 1. The monoisotopic (exact) mass is 311 g/mol. The Morgan fingerprint density at radius 3 is 2.52 bits per heavy atom. The van der Waals surface area contributed by atoms with Crippen LogP contribution in [0.15, 0.2) is 23.0 Å². The van der Waals surface area contributed by atoms with E-state index in [2.05, 4.69) is 14.9 Å². The average Bonchev–Trinajstić information content (AvgIpc) is 2.69. The lowest BCUT2D eigenvalue weighted by atomic mass is 10.4. The average molecular weight is 311 g/mol. The van der Waals surface area contributed by atoms with Gasteiger partial charge in [-0.15, -0.1) is 5.10 Å². The van der Waals surface area contributed by atoms with Crippen molar-refractivity contribution < 1.29 is 8.42 Å². The number of nitrogens with one attached hydrogen (secondary N) is 1. The quantitative estimate of drug-likeness (QED) is 0.809. The summed E-state index contributed by atoms with van der Waals surface area (Å²) in [7, 11) is -3.28. The van der Waals surface area contributed by atoms with Gasteiger partial charge in [0.15, 0.2) is 5.82 Å². The molecule has 2 rings (SSSR count). The molecule has 2 aromatic rings. The van der Waals surface area contributed by atoms with Crippen LogP contribution in [0.1, 0.15) is 11.4 Å². The molecule has 0 spiro atoms. The van der Waals surface area contributed by atoms with E-state index in [9.17, 15) is 13.2 Å². The fourth-order valence-electron chi connectivity index (χ4n) is 1.91. The Bertz CT molecular complexity index is 807. The maximum absolute atomic E-state index is 11.7. The summed E-state index contributed by atoms with van der Waals surface area (Å²) in [6.07, 6.45) is 1.06. The zero-order valence-electron chi connectivity index (χ0n) is 12.1. The van der Waals surface area contributed by atoms with Gasteiger partial charge in [-0.2, -0.15) is 5.10 Å². The van der Waals surface area contributed by atoms with Gasteiger partial charge in [0.25, 0.3) is 5.56 Å². The predicted molar refractivity (Wildman–Crippen MR) is 77.9 cm³/mol. The van der Waals surface area contributed by atoms with Crippen molar-refractivity contribution >= 4 is 10.0 Å².